The third kappa shape index (κ3) is 5.49. The molecule has 0 aliphatic carbocycles. The van der Waals surface area contributed by atoms with Gasteiger partial charge in [0.05, 0.1) is 0 Å². The van der Waals surface area contributed by atoms with E-state index >= 15 is 0 Å². The molecule has 2 N–H and O–H groups in total. The van der Waals surface area contributed by atoms with Crippen LogP contribution in [0.1, 0.15) is 52.4 Å². The lowest BCUT2D eigenvalue weighted by Crippen LogP contribution is -2.44. The van der Waals surface area contributed by atoms with Gasteiger partial charge in [0.25, 0.3) is 0 Å². The van der Waals surface area contributed by atoms with E-state index in [1.54, 1.807) is 29.2 Å². The Balaban J connectivity index is 1.55. The van der Waals surface area contributed by atoms with Gasteiger partial charge >= 0.3 is 6.03 Å². The van der Waals surface area contributed by atoms with Crippen molar-refractivity contribution >= 4 is 29.2 Å². The van der Waals surface area contributed by atoms with Crippen LogP contribution >= 0.6 is 0 Å². The molecule has 158 valence electrons. The van der Waals surface area contributed by atoms with Crippen molar-refractivity contribution in [1.29, 1.82) is 0 Å². The number of hydrogen-bond acceptors (Lipinski definition) is 3. The molecule has 7 heteroatoms. The van der Waals surface area contributed by atoms with E-state index in [1.165, 1.54) is 12.8 Å². The fourth-order valence-electron chi connectivity index (χ4n) is 3.97. The molecule has 0 aromatic heterocycles. The zero-order valence-corrected chi connectivity index (χ0v) is 17.4. The van der Waals surface area contributed by atoms with Crippen LogP contribution in [-0.4, -0.2) is 53.3 Å². The van der Waals surface area contributed by atoms with Crippen LogP contribution in [0.2, 0.25) is 0 Å². The number of nitrogens with zero attached hydrogens (tertiary/aromatic N) is 2. The minimum Gasteiger partial charge on any atom is -0.330 e. The van der Waals surface area contributed by atoms with E-state index in [2.05, 4.69) is 10.6 Å². The number of benzene rings is 1. The molecule has 1 aromatic carbocycles. The Morgan fingerprint density at radius 3 is 2.03 bits per heavy atom. The van der Waals surface area contributed by atoms with Crippen molar-refractivity contribution in [1.82, 2.24) is 9.80 Å². The molecule has 3 rings (SSSR count). The molecular weight excluding hydrogens is 368 g/mol. The van der Waals surface area contributed by atoms with E-state index in [0.717, 1.165) is 32.4 Å². The molecule has 0 unspecified atom stereocenters. The molecule has 2 heterocycles. The number of amides is 4. The van der Waals surface area contributed by atoms with Crippen molar-refractivity contribution in [2.75, 3.05) is 30.3 Å². The molecule has 0 spiro atoms. The SMILES string of the molecule is CC(C)C(=O)N1CCC[C@H]1C(=O)Nc1ccc(NC(=O)N2CCCCCC2)cc1. The molecule has 7 nitrogen and oxygen atoms in total. The Morgan fingerprint density at radius 1 is 0.862 bits per heavy atom. The molecular formula is C22H32N4O3. The summed E-state index contributed by atoms with van der Waals surface area (Å²) >= 11 is 0. The maximum absolute atomic E-state index is 12.7. The number of hydrogen-bond donors (Lipinski definition) is 2. The molecule has 1 aromatic rings. The summed E-state index contributed by atoms with van der Waals surface area (Å²) in [6.07, 6.45) is 6.00. The Kier molecular flexibility index (Phi) is 7.12. The first kappa shape index (κ1) is 21.1. The lowest BCUT2D eigenvalue weighted by Gasteiger charge is -2.25. The number of nitrogens with one attached hydrogen (secondary N) is 2. The summed E-state index contributed by atoms with van der Waals surface area (Å²) in [7, 11) is 0. The van der Waals surface area contributed by atoms with Gasteiger partial charge < -0.3 is 20.4 Å². The van der Waals surface area contributed by atoms with Crippen LogP contribution < -0.4 is 10.6 Å². The third-order valence-corrected chi connectivity index (χ3v) is 5.63. The molecule has 0 radical (unpaired) electrons. The smallest absolute Gasteiger partial charge is 0.321 e. The van der Waals surface area contributed by atoms with Gasteiger partial charge in [-0.1, -0.05) is 26.7 Å². The highest BCUT2D eigenvalue weighted by atomic mass is 16.2. The third-order valence-electron chi connectivity index (χ3n) is 5.63. The zero-order chi connectivity index (χ0) is 20.8. The first-order valence-corrected chi connectivity index (χ1v) is 10.7. The van der Waals surface area contributed by atoms with Crippen LogP contribution in [0.5, 0.6) is 0 Å². The maximum Gasteiger partial charge on any atom is 0.321 e. The highest BCUT2D eigenvalue weighted by Crippen LogP contribution is 2.22. The van der Waals surface area contributed by atoms with Crippen molar-refractivity contribution in [3.8, 4) is 0 Å². The second-order valence-corrected chi connectivity index (χ2v) is 8.24. The van der Waals surface area contributed by atoms with Crippen molar-refractivity contribution in [2.45, 2.75) is 58.4 Å². The van der Waals surface area contributed by atoms with Crippen LogP contribution in [0.25, 0.3) is 0 Å². The molecule has 2 fully saturated rings. The van der Waals surface area contributed by atoms with Crippen LogP contribution in [0, 0.1) is 5.92 Å². The fraction of sp³-hybridized carbons (Fsp3) is 0.591. The topological polar surface area (TPSA) is 81.8 Å². The van der Waals surface area contributed by atoms with Crippen molar-refractivity contribution in [3.63, 3.8) is 0 Å². The molecule has 1 atom stereocenters. The monoisotopic (exact) mass is 400 g/mol. The van der Waals surface area contributed by atoms with E-state index in [-0.39, 0.29) is 23.8 Å². The predicted octanol–water partition coefficient (Wildman–Crippen LogP) is 3.68. The highest BCUT2D eigenvalue weighted by molar-refractivity contribution is 5.98. The van der Waals surface area contributed by atoms with Crippen molar-refractivity contribution < 1.29 is 14.4 Å². The van der Waals surface area contributed by atoms with Gasteiger partial charge in [0.15, 0.2) is 0 Å². The van der Waals surface area contributed by atoms with Crippen LogP contribution in [0.15, 0.2) is 24.3 Å². The maximum atomic E-state index is 12.7. The average Bonchev–Trinajstić information content (AvgIpc) is 3.03. The van der Waals surface area contributed by atoms with E-state index in [4.69, 9.17) is 0 Å². The van der Waals surface area contributed by atoms with Gasteiger partial charge in [-0.05, 0) is 49.9 Å². The van der Waals surface area contributed by atoms with Crippen LogP contribution in [0.4, 0.5) is 16.2 Å². The Bertz CT molecular complexity index is 724. The molecule has 29 heavy (non-hydrogen) atoms. The highest BCUT2D eigenvalue weighted by Gasteiger charge is 2.34. The van der Waals surface area contributed by atoms with Crippen molar-refractivity contribution in [3.05, 3.63) is 24.3 Å². The quantitative estimate of drug-likeness (QED) is 0.809. The van der Waals surface area contributed by atoms with Crippen LogP contribution in [0.3, 0.4) is 0 Å². The summed E-state index contributed by atoms with van der Waals surface area (Å²) in [5.74, 6) is -0.248. The molecule has 2 aliphatic rings. The zero-order valence-electron chi connectivity index (χ0n) is 17.4. The summed E-state index contributed by atoms with van der Waals surface area (Å²) in [5.41, 5.74) is 1.36. The van der Waals surface area contributed by atoms with E-state index < -0.39 is 6.04 Å². The normalized spacial score (nSPS) is 19.8. The lowest BCUT2D eigenvalue weighted by molar-refractivity contribution is -0.139. The van der Waals surface area contributed by atoms with Crippen molar-refractivity contribution in [2.24, 2.45) is 5.92 Å². The Labute approximate surface area is 172 Å². The second kappa shape index (κ2) is 9.76. The number of rotatable bonds is 4. The van der Waals surface area contributed by atoms with Gasteiger partial charge in [-0.25, -0.2) is 4.79 Å². The second-order valence-electron chi connectivity index (χ2n) is 8.24. The van der Waals surface area contributed by atoms with Gasteiger partial charge in [0, 0.05) is 36.9 Å². The molecule has 2 saturated heterocycles. The molecule has 2 aliphatic heterocycles. The Hall–Kier alpha value is -2.57. The molecule has 0 saturated carbocycles. The number of urea groups is 1. The first-order valence-electron chi connectivity index (χ1n) is 10.7. The number of likely N-dealkylation sites (tertiary alicyclic amines) is 2. The predicted molar refractivity (Wildman–Crippen MR) is 114 cm³/mol. The summed E-state index contributed by atoms with van der Waals surface area (Å²) in [6.45, 7) is 5.94. The molecule has 0 bridgehead atoms. The standard InChI is InChI=1S/C22H32N4O3/c1-16(2)21(28)26-15-7-8-19(26)20(27)23-17-9-11-18(12-10-17)24-22(29)25-13-5-3-4-6-14-25/h9-12,16,19H,3-8,13-15H2,1-2H3,(H,23,27)(H,24,29)/t19-/m0/s1. The van der Waals surface area contributed by atoms with E-state index in [9.17, 15) is 14.4 Å². The molecule has 4 amide bonds. The summed E-state index contributed by atoms with van der Waals surface area (Å²) < 4.78 is 0. The number of anilines is 2. The minimum absolute atomic E-state index is 0.0224. The van der Waals surface area contributed by atoms with Crippen LogP contribution in [-0.2, 0) is 9.59 Å². The average molecular weight is 401 g/mol. The minimum atomic E-state index is -0.410. The number of carbonyl (C=O) groups is 3. The Morgan fingerprint density at radius 2 is 1.45 bits per heavy atom. The lowest BCUT2D eigenvalue weighted by atomic mass is 10.1. The van der Waals surface area contributed by atoms with E-state index in [1.807, 2.05) is 18.7 Å². The van der Waals surface area contributed by atoms with Gasteiger partial charge in [-0.2, -0.15) is 0 Å². The van der Waals surface area contributed by atoms with Gasteiger partial charge in [0.1, 0.15) is 6.04 Å². The first-order chi connectivity index (χ1) is 14.0. The van der Waals surface area contributed by atoms with E-state index in [0.29, 0.717) is 24.3 Å². The largest absolute Gasteiger partial charge is 0.330 e. The van der Waals surface area contributed by atoms with Gasteiger partial charge in [0.2, 0.25) is 11.8 Å². The summed E-state index contributed by atoms with van der Waals surface area (Å²) in [4.78, 5) is 41.0. The summed E-state index contributed by atoms with van der Waals surface area (Å²) in [5, 5.41) is 5.83. The van der Waals surface area contributed by atoms with Gasteiger partial charge in [-0.3, -0.25) is 9.59 Å². The van der Waals surface area contributed by atoms with Gasteiger partial charge in [-0.15, -0.1) is 0 Å². The number of carbonyl (C=O) groups excluding carboxylic acids is 3. The summed E-state index contributed by atoms with van der Waals surface area (Å²) in [6, 6.07) is 6.65. The fourth-order valence-corrected chi connectivity index (χ4v) is 3.97.